The molecule has 0 aromatic rings. The van der Waals surface area contributed by atoms with E-state index in [-0.39, 0.29) is 0 Å². The Labute approximate surface area is 181 Å². The Bertz CT molecular complexity index is 651. The average Bonchev–Trinajstić information content (AvgIpc) is 3.41. The molecule has 0 aliphatic heterocycles. The number of hydrogen-bond donors (Lipinski definition) is 0. The van der Waals surface area contributed by atoms with Crippen molar-refractivity contribution in [2.45, 2.75) is 118 Å². The fourth-order valence-electron chi connectivity index (χ4n) is 9.67. The maximum atomic E-state index is 2.75. The van der Waals surface area contributed by atoms with Crippen LogP contribution in [0.15, 0.2) is 11.6 Å². The summed E-state index contributed by atoms with van der Waals surface area (Å²) < 4.78 is 0. The molecule has 0 N–H and O–H groups in total. The van der Waals surface area contributed by atoms with E-state index in [0.717, 1.165) is 40.9 Å². The van der Waals surface area contributed by atoms with Gasteiger partial charge in [0.15, 0.2) is 0 Å². The summed E-state index contributed by atoms with van der Waals surface area (Å²) in [6, 6.07) is 0. The van der Waals surface area contributed by atoms with E-state index in [4.69, 9.17) is 0 Å². The maximum absolute atomic E-state index is 2.75. The summed E-state index contributed by atoms with van der Waals surface area (Å²) in [4.78, 5) is 0. The molecule has 0 radical (unpaired) electrons. The summed E-state index contributed by atoms with van der Waals surface area (Å²) in [5.41, 5.74) is 3.83. The maximum Gasteiger partial charge on any atom is -0.00853 e. The Morgan fingerprint density at radius 3 is 2.45 bits per heavy atom. The lowest BCUT2D eigenvalue weighted by Gasteiger charge is -2.58. The highest BCUT2D eigenvalue weighted by Crippen LogP contribution is 2.67. The zero-order valence-corrected chi connectivity index (χ0v) is 20.2. The quantitative estimate of drug-likeness (QED) is 0.407. The molecule has 5 aliphatic rings. The molecule has 29 heavy (non-hydrogen) atoms. The molecular formula is C29H48. The van der Waals surface area contributed by atoms with Gasteiger partial charge in [0.05, 0.1) is 0 Å². The molecule has 4 fully saturated rings. The van der Waals surface area contributed by atoms with Gasteiger partial charge < -0.3 is 0 Å². The summed E-state index contributed by atoms with van der Waals surface area (Å²) in [6.07, 6.45) is 22.2. The van der Waals surface area contributed by atoms with Crippen LogP contribution in [-0.4, -0.2) is 0 Å². The van der Waals surface area contributed by atoms with Crippen LogP contribution in [0.1, 0.15) is 118 Å². The molecule has 0 bridgehead atoms. The lowest BCUT2D eigenvalue weighted by atomic mass is 9.47. The van der Waals surface area contributed by atoms with Crippen LogP contribution in [-0.2, 0) is 0 Å². The smallest absolute Gasteiger partial charge is 0.00853 e. The molecule has 0 aromatic carbocycles. The topological polar surface area (TPSA) is 0 Å². The van der Waals surface area contributed by atoms with Crippen LogP contribution >= 0.6 is 0 Å². The van der Waals surface area contributed by atoms with Crippen LogP contribution in [0.25, 0.3) is 0 Å². The predicted molar refractivity (Wildman–Crippen MR) is 125 cm³/mol. The van der Waals surface area contributed by atoms with E-state index in [2.05, 4.69) is 40.7 Å². The van der Waals surface area contributed by atoms with E-state index in [1.807, 2.05) is 5.57 Å². The van der Waals surface area contributed by atoms with Crippen LogP contribution in [0, 0.1) is 51.8 Å². The lowest BCUT2D eigenvalue weighted by molar-refractivity contribution is -0.0504. The molecule has 164 valence electrons. The first-order valence-electron chi connectivity index (χ1n) is 13.5. The molecule has 0 amide bonds. The van der Waals surface area contributed by atoms with Gasteiger partial charge in [-0.1, -0.05) is 52.7 Å². The number of hydrogen-bond acceptors (Lipinski definition) is 0. The van der Waals surface area contributed by atoms with Gasteiger partial charge >= 0.3 is 0 Å². The van der Waals surface area contributed by atoms with Crippen molar-refractivity contribution in [1.82, 2.24) is 0 Å². The van der Waals surface area contributed by atoms with Gasteiger partial charge in [-0.05, 0) is 129 Å². The molecule has 7 unspecified atom stereocenters. The lowest BCUT2D eigenvalue weighted by Crippen LogP contribution is -2.50. The minimum Gasteiger partial charge on any atom is -0.0845 e. The van der Waals surface area contributed by atoms with Gasteiger partial charge in [0.2, 0.25) is 0 Å². The van der Waals surface area contributed by atoms with Crippen molar-refractivity contribution in [2.75, 3.05) is 0 Å². The highest BCUT2D eigenvalue weighted by Gasteiger charge is 2.59. The van der Waals surface area contributed by atoms with E-state index in [0.29, 0.717) is 10.8 Å². The Kier molecular flexibility index (Phi) is 5.07. The minimum absolute atomic E-state index is 0.571. The van der Waals surface area contributed by atoms with E-state index in [1.54, 1.807) is 6.42 Å². The van der Waals surface area contributed by atoms with Crippen molar-refractivity contribution in [1.29, 1.82) is 0 Å². The Balaban J connectivity index is 1.31. The highest BCUT2D eigenvalue weighted by molar-refractivity contribution is 5.24. The molecule has 5 aliphatic carbocycles. The third-order valence-electron chi connectivity index (χ3n) is 12.0. The van der Waals surface area contributed by atoms with Crippen LogP contribution < -0.4 is 0 Å². The largest absolute Gasteiger partial charge is 0.0845 e. The van der Waals surface area contributed by atoms with Gasteiger partial charge in [-0.3, -0.25) is 0 Å². The van der Waals surface area contributed by atoms with Crippen LogP contribution in [0.2, 0.25) is 0 Å². The summed E-state index contributed by atoms with van der Waals surface area (Å²) in [6.45, 7) is 13.0. The third kappa shape index (κ3) is 3.12. The Hall–Kier alpha value is -0.260. The summed E-state index contributed by atoms with van der Waals surface area (Å²) in [7, 11) is 0. The van der Waals surface area contributed by atoms with Gasteiger partial charge in [0.1, 0.15) is 0 Å². The van der Waals surface area contributed by atoms with Gasteiger partial charge in [0.25, 0.3) is 0 Å². The molecule has 0 saturated heterocycles. The zero-order chi connectivity index (χ0) is 20.4. The Morgan fingerprint density at radius 1 is 0.931 bits per heavy atom. The molecule has 7 atom stereocenters. The van der Waals surface area contributed by atoms with Gasteiger partial charge in [-0.2, -0.15) is 0 Å². The zero-order valence-electron chi connectivity index (χ0n) is 20.2. The predicted octanol–water partition coefficient (Wildman–Crippen LogP) is 8.81. The normalized spacial score (nSPS) is 46.5. The van der Waals surface area contributed by atoms with E-state index >= 15 is 0 Å². The molecule has 5 rings (SSSR count). The summed E-state index contributed by atoms with van der Waals surface area (Å²) in [5.74, 6) is 5.87. The van der Waals surface area contributed by atoms with Crippen molar-refractivity contribution >= 4 is 0 Å². The van der Waals surface area contributed by atoms with Gasteiger partial charge in [-0.25, -0.2) is 0 Å². The number of rotatable bonds is 5. The first-order valence-corrected chi connectivity index (χ1v) is 13.5. The molecule has 4 saturated carbocycles. The molecule has 0 heteroatoms. The number of fused-ring (bicyclic) bond motifs is 5. The van der Waals surface area contributed by atoms with Crippen molar-refractivity contribution < 1.29 is 0 Å². The molecule has 0 spiro atoms. The van der Waals surface area contributed by atoms with Gasteiger partial charge in [-0.15, -0.1) is 0 Å². The highest BCUT2D eigenvalue weighted by atomic mass is 14.6. The summed E-state index contributed by atoms with van der Waals surface area (Å²) >= 11 is 0. The second kappa shape index (κ2) is 7.13. The fourth-order valence-corrected chi connectivity index (χ4v) is 9.67. The Morgan fingerprint density at radius 2 is 1.72 bits per heavy atom. The van der Waals surface area contributed by atoms with Crippen molar-refractivity contribution in [3.63, 3.8) is 0 Å². The average molecular weight is 397 g/mol. The standard InChI is InChI=1S/C29H48/c1-20(2)29(18-19-29)17-13-21(3)24-11-12-25-23-10-9-22-8-6-7-15-27(22,4)26(23)14-16-28(24,25)5/h9,20-21,23-26H,6-8,10-19H2,1-5H3. The first kappa shape index (κ1) is 20.6. The van der Waals surface area contributed by atoms with E-state index < -0.39 is 0 Å². The molecule has 0 nitrogen and oxygen atoms in total. The number of allylic oxidation sites excluding steroid dienone is 2. The minimum atomic E-state index is 0.571. The molecule has 0 aromatic heterocycles. The first-order chi connectivity index (χ1) is 13.8. The summed E-state index contributed by atoms with van der Waals surface area (Å²) in [5, 5.41) is 0. The van der Waals surface area contributed by atoms with Crippen LogP contribution in [0.5, 0.6) is 0 Å². The monoisotopic (exact) mass is 396 g/mol. The second-order valence-electron chi connectivity index (χ2n) is 13.2. The van der Waals surface area contributed by atoms with Crippen molar-refractivity contribution in [3.05, 3.63) is 11.6 Å². The SMILES string of the molecule is CC(CCC1(C(C)C)CC1)C1CCC2C3CC=C4CCCCC4(C)C3CCC12C. The van der Waals surface area contributed by atoms with E-state index in [1.165, 1.54) is 77.0 Å². The molecular weight excluding hydrogens is 348 g/mol. The van der Waals surface area contributed by atoms with Crippen LogP contribution in [0.4, 0.5) is 0 Å². The van der Waals surface area contributed by atoms with E-state index in [9.17, 15) is 0 Å². The van der Waals surface area contributed by atoms with Gasteiger partial charge in [0, 0.05) is 0 Å². The van der Waals surface area contributed by atoms with Crippen molar-refractivity contribution in [3.8, 4) is 0 Å². The van der Waals surface area contributed by atoms with Crippen LogP contribution in [0.3, 0.4) is 0 Å². The molecule has 0 heterocycles. The van der Waals surface area contributed by atoms with Crippen molar-refractivity contribution in [2.24, 2.45) is 51.8 Å². The fraction of sp³-hybridized carbons (Fsp3) is 0.931. The third-order valence-corrected chi connectivity index (χ3v) is 12.0. The second-order valence-corrected chi connectivity index (χ2v) is 13.2.